The molecule has 1 amide bonds. The first-order valence-corrected chi connectivity index (χ1v) is 8.02. The van der Waals surface area contributed by atoms with E-state index in [0.717, 1.165) is 17.3 Å². The molecule has 23 heavy (non-hydrogen) atoms. The molecule has 0 spiro atoms. The first-order valence-electron chi connectivity index (χ1n) is 6.66. The Bertz CT molecular complexity index is 936. The fourth-order valence-corrected chi connectivity index (χ4v) is 2.78. The second-order valence-electron chi connectivity index (χ2n) is 4.72. The maximum Gasteiger partial charge on any atom is 0.277 e. The van der Waals surface area contributed by atoms with E-state index in [9.17, 15) is 9.59 Å². The van der Waals surface area contributed by atoms with Gasteiger partial charge in [-0.15, -0.1) is 0 Å². The molecule has 0 radical (unpaired) electrons. The van der Waals surface area contributed by atoms with Crippen LogP contribution >= 0.6 is 23.4 Å². The van der Waals surface area contributed by atoms with Gasteiger partial charge in [-0.25, -0.2) is 9.97 Å². The molecule has 0 aliphatic rings. The Morgan fingerprint density at radius 2 is 2.26 bits per heavy atom. The van der Waals surface area contributed by atoms with E-state index in [4.69, 9.17) is 11.6 Å². The number of hydrogen-bond acceptors (Lipinski definition) is 5. The quantitative estimate of drug-likeness (QED) is 0.495. The van der Waals surface area contributed by atoms with Crippen molar-refractivity contribution in [2.45, 2.75) is 12.1 Å². The first kappa shape index (κ1) is 15.6. The maximum absolute atomic E-state index is 12.0. The molecule has 0 saturated heterocycles. The summed E-state index contributed by atoms with van der Waals surface area (Å²) in [5.74, 6) is -0.115. The fraction of sp³-hybridized carbons (Fsp3) is 0.143. The molecule has 3 rings (SSSR count). The molecular formula is C14H12ClN5O2S. The Labute approximate surface area is 139 Å². The Morgan fingerprint density at radius 1 is 1.43 bits per heavy atom. The van der Waals surface area contributed by atoms with Gasteiger partial charge in [0.15, 0.2) is 16.3 Å². The minimum Gasteiger partial charge on any atom is -0.339 e. The van der Waals surface area contributed by atoms with Crippen LogP contribution < -0.4 is 10.9 Å². The molecular weight excluding hydrogens is 338 g/mol. The van der Waals surface area contributed by atoms with Crippen molar-refractivity contribution in [3.8, 4) is 0 Å². The van der Waals surface area contributed by atoms with Crippen molar-refractivity contribution in [3.05, 3.63) is 45.5 Å². The molecule has 1 aromatic carbocycles. The zero-order chi connectivity index (χ0) is 16.4. The second-order valence-corrected chi connectivity index (χ2v) is 6.09. The van der Waals surface area contributed by atoms with Crippen molar-refractivity contribution in [2.24, 2.45) is 0 Å². The van der Waals surface area contributed by atoms with Crippen LogP contribution in [0.4, 0.5) is 5.69 Å². The van der Waals surface area contributed by atoms with Crippen LogP contribution in [0.5, 0.6) is 0 Å². The molecule has 7 nitrogen and oxygen atoms in total. The van der Waals surface area contributed by atoms with Crippen LogP contribution in [-0.2, 0) is 4.79 Å². The average Bonchev–Trinajstić information content (AvgIpc) is 2.99. The van der Waals surface area contributed by atoms with E-state index in [1.165, 1.54) is 6.33 Å². The van der Waals surface area contributed by atoms with Crippen molar-refractivity contribution < 1.29 is 4.79 Å². The highest BCUT2D eigenvalue weighted by atomic mass is 35.5. The largest absolute Gasteiger partial charge is 0.339 e. The van der Waals surface area contributed by atoms with E-state index in [-0.39, 0.29) is 17.2 Å². The van der Waals surface area contributed by atoms with Crippen molar-refractivity contribution in [2.75, 3.05) is 11.1 Å². The number of fused-ring (bicyclic) bond motifs is 1. The standard InChI is InChI=1S/C14H12ClN5O2S/c1-7-8(15)3-2-4-9(7)18-10(21)5-23-14-19-12-11(13(22)20-14)16-6-17-12/h2-4,6H,5H2,1H3,(H,18,21)(H2,16,17,19,20,22). The van der Waals surface area contributed by atoms with Crippen LogP contribution in [0, 0.1) is 6.92 Å². The lowest BCUT2D eigenvalue weighted by Gasteiger charge is -2.09. The lowest BCUT2D eigenvalue weighted by Crippen LogP contribution is -2.16. The molecule has 0 unspecified atom stereocenters. The highest BCUT2D eigenvalue weighted by molar-refractivity contribution is 7.99. The highest BCUT2D eigenvalue weighted by Gasteiger charge is 2.10. The number of anilines is 1. The number of rotatable bonds is 4. The van der Waals surface area contributed by atoms with E-state index < -0.39 is 0 Å². The number of carbonyl (C=O) groups excluding carboxylic acids is 1. The molecule has 0 aliphatic heterocycles. The molecule has 3 aromatic rings. The van der Waals surface area contributed by atoms with Crippen LogP contribution in [0.3, 0.4) is 0 Å². The Balaban J connectivity index is 1.68. The number of H-pyrrole nitrogens is 2. The summed E-state index contributed by atoms with van der Waals surface area (Å²) in [6.07, 6.45) is 1.40. The summed E-state index contributed by atoms with van der Waals surface area (Å²) in [4.78, 5) is 37.2. The number of carbonyl (C=O) groups is 1. The number of thioether (sulfide) groups is 1. The number of amides is 1. The number of nitrogens with zero attached hydrogens (tertiary/aromatic N) is 2. The number of imidazole rings is 1. The molecule has 0 bridgehead atoms. The number of nitrogens with one attached hydrogen (secondary N) is 3. The van der Waals surface area contributed by atoms with Gasteiger partial charge in [-0.3, -0.25) is 14.6 Å². The zero-order valence-corrected chi connectivity index (χ0v) is 13.6. The monoisotopic (exact) mass is 349 g/mol. The predicted octanol–water partition coefficient (Wildman–Crippen LogP) is 2.34. The lowest BCUT2D eigenvalue weighted by atomic mass is 10.2. The number of aromatic amines is 2. The Hall–Kier alpha value is -2.32. The van der Waals surface area contributed by atoms with Gasteiger partial charge >= 0.3 is 0 Å². The summed E-state index contributed by atoms with van der Waals surface area (Å²) in [5.41, 5.74) is 1.78. The van der Waals surface area contributed by atoms with Crippen molar-refractivity contribution in [3.63, 3.8) is 0 Å². The third kappa shape index (κ3) is 3.38. The summed E-state index contributed by atoms with van der Waals surface area (Å²) in [5, 5.41) is 3.71. The van der Waals surface area contributed by atoms with E-state index in [1.807, 2.05) is 6.92 Å². The third-order valence-corrected chi connectivity index (χ3v) is 4.44. The molecule has 0 saturated carbocycles. The van der Waals surface area contributed by atoms with Crippen LogP contribution in [0.1, 0.15) is 5.56 Å². The van der Waals surface area contributed by atoms with Gasteiger partial charge in [0, 0.05) is 10.7 Å². The number of benzene rings is 1. The van der Waals surface area contributed by atoms with Crippen molar-refractivity contribution in [1.29, 1.82) is 0 Å². The van der Waals surface area contributed by atoms with Gasteiger partial charge in [0.05, 0.1) is 12.1 Å². The fourth-order valence-electron chi connectivity index (χ4n) is 1.95. The summed E-state index contributed by atoms with van der Waals surface area (Å²) in [6.45, 7) is 1.83. The van der Waals surface area contributed by atoms with Crippen LogP contribution in [0.2, 0.25) is 5.02 Å². The summed E-state index contributed by atoms with van der Waals surface area (Å²) >= 11 is 7.14. The van der Waals surface area contributed by atoms with Gasteiger partial charge in [0.2, 0.25) is 5.91 Å². The highest BCUT2D eigenvalue weighted by Crippen LogP contribution is 2.23. The average molecular weight is 350 g/mol. The molecule has 0 atom stereocenters. The topological polar surface area (TPSA) is 104 Å². The number of aromatic nitrogens is 4. The van der Waals surface area contributed by atoms with E-state index >= 15 is 0 Å². The molecule has 9 heteroatoms. The second kappa shape index (κ2) is 6.43. The molecule has 118 valence electrons. The molecule has 3 N–H and O–H groups in total. The summed E-state index contributed by atoms with van der Waals surface area (Å²) < 4.78 is 0. The number of halogens is 1. The van der Waals surface area contributed by atoms with Gasteiger partial charge in [-0.05, 0) is 24.6 Å². The lowest BCUT2D eigenvalue weighted by molar-refractivity contribution is -0.113. The SMILES string of the molecule is Cc1c(Cl)cccc1NC(=O)CSc1nc2nc[nH]c2c(=O)[nH]1. The van der Waals surface area contributed by atoms with Crippen LogP contribution in [0.25, 0.3) is 11.2 Å². The summed E-state index contributed by atoms with van der Waals surface area (Å²) in [7, 11) is 0. The third-order valence-electron chi connectivity index (χ3n) is 3.16. The smallest absolute Gasteiger partial charge is 0.277 e. The Kier molecular flexibility index (Phi) is 4.35. The van der Waals surface area contributed by atoms with Gasteiger partial charge in [-0.2, -0.15) is 0 Å². The van der Waals surface area contributed by atoms with Crippen molar-refractivity contribution >= 4 is 46.1 Å². The van der Waals surface area contributed by atoms with Crippen LogP contribution in [0.15, 0.2) is 34.5 Å². The van der Waals surface area contributed by atoms with Gasteiger partial charge in [0.1, 0.15) is 0 Å². The van der Waals surface area contributed by atoms with E-state index in [0.29, 0.717) is 27.0 Å². The Morgan fingerprint density at radius 3 is 3.09 bits per heavy atom. The number of hydrogen-bond donors (Lipinski definition) is 3. The van der Waals surface area contributed by atoms with Gasteiger partial charge < -0.3 is 10.3 Å². The molecule has 0 aliphatic carbocycles. The minimum atomic E-state index is -0.318. The zero-order valence-electron chi connectivity index (χ0n) is 12.0. The summed E-state index contributed by atoms with van der Waals surface area (Å²) in [6, 6.07) is 5.30. The predicted molar refractivity (Wildman–Crippen MR) is 90.1 cm³/mol. The van der Waals surface area contributed by atoms with Crippen LogP contribution in [-0.4, -0.2) is 31.6 Å². The van der Waals surface area contributed by atoms with Crippen molar-refractivity contribution in [1.82, 2.24) is 19.9 Å². The molecule has 2 aromatic heterocycles. The van der Waals surface area contributed by atoms with Gasteiger partial charge in [-0.1, -0.05) is 29.4 Å². The first-order chi connectivity index (χ1) is 11.0. The molecule has 0 fully saturated rings. The van der Waals surface area contributed by atoms with E-state index in [1.54, 1.807) is 18.2 Å². The normalized spacial score (nSPS) is 10.9. The van der Waals surface area contributed by atoms with E-state index in [2.05, 4.69) is 25.3 Å². The maximum atomic E-state index is 12.0. The van der Waals surface area contributed by atoms with Gasteiger partial charge in [0.25, 0.3) is 5.56 Å². The molecule has 2 heterocycles. The minimum absolute atomic E-state index is 0.102.